The Balaban J connectivity index is 2.15. The number of rotatable bonds is 9. The molecule has 6 nitrogen and oxygen atoms in total. The summed E-state index contributed by atoms with van der Waals surface area (Å²) >= 11 is 1.44. The van der Waals surface area contributed by atoms with Crippen molar-refractivity contribution in [3.05, 3.63) is 58.0 Å². The molecule has 1 heterocycles. The van der Waals surface area contributed by atoms with Crippen molar-refractivity contribution in [2.45, 2.75) is 19.0 Å². The zero-order valence-electron chi connectivity index (χ0n) is 15.5. The normalized spacial score (nSPS) is 12.0. The lowest BCUT2D eigenvalue weighted by Gasteiger charge is -2.27. The largest absolute Gasteiger partial charge is 0.352 e. The number of thiophene rings is 1. The first-order valence-corrected chi connectivity index (χ1v) is 9.50. The first-order valence-electron chi connectivity index (χ1n) is 8.62. The van der Waals surface area contributed by atoms with E-state index in [0.717, 1.165) is 4.88 Å². The topological polar surface area (TPSA) is 78.7 Å². The fourth-order valence-corrected chi connectivity index (χ4v) is 3.41. The molecular weight excluding hydrogens is 367 g/mol. The zero-order valence-corrected chi connectivity index (χ0v) is 16.3. The maximum Gasteiger partial charge on any atom is 0.312 e. The van der Waals surface area contributed by atoms with Crippen LogP contribution < -0.4 is 11.1 Å². The second-order valence-electron chi connectivity index (χ2n) is 6.49. The molecule has 0 radical (unpaired) electrons. The van der Waals surface area contributed by atoms with Gasteiger partial charge in [-0.1, -0.05) is 24.3 Å². The number of likely N-dealkylation sites (N-methyl/N-ethyl adjacent to an activating group) is 1. The molecule has 0 aliphatic heterocycles. The molecule has 3 N–H and O–H groups in total. The predicted molar refractivity (Wildman–Crippen MR) is 105 cm³/mol. The molecule has 2 aromatic rings. The van der Waals surface area contributed by atoms with Crippen LogP contribution >= 0.6 is 11.3 Å². The van der Waals surface area contributed by atoms with Gasteiger partial charge in [-0.05, 0) is 31.6 Å². The molecule has 0 bridgehead atoms. The van der Waals surface area contributed by atoms with E-state index in [0.29, 0.717) is 18.7 Å². The Bertz CT molecular complexity index is 752. The fourth-order valence-electron chi connectivity index (χ4n) is 2.63. The van der Waals surface area contributed by atoms with Gasteiger partial charge < -0.3 is 20.9 Å². The summed E-state index contributed by atoms with van der Waals surface area (Å²) in [5, 5.41) is 4.50. The Morgan fingerprint density at radius 2 is 1.93 bits per heavy atom. The van der Waals surface area contributed by atoms with E-state index < -0.39 is 12.1 Å². The van der Waals surface area contributed by atoms with Crippen LogP contribution in [0.4, 0.5) is 9.18 Å². The molecule has 0 aliphatic rings. The monoisotopic (exact) mass is 392 g/mol. The molecule has 0 fully saturated rings. The molecule has 8 heteroatoms. The fraction of sp³-hybridized carbons (Fsp3) is 0.368. The third-order valence-corrected chi connectivity index (χ3v) is 5.06. The van der Waals surface area contributed by atoms with Gasteiger partial charge in [-0.2, -0.15) is 0 Å². The van der Waals surface area contributed by atoms with Crippen molar-refractivity contribution in [3.63, 3.8) is 0 Å². The average molecular weight is 393 g/mol. The van der Waals surface area contributed by atoms with E-state index in [4.69, 9.17) is 5.73 Å². The van der Waals surface area contributed by atoms with Gasteiger partial charge >= 0.3 is 6.03 Å². The minimum Gasteiger partial charge on any atom is -0.352 e. The number of hydrogen-bond donors (Lipinski definition) is 2. The maximum atomic E-state index is 14.0. The van der Waals surface area contributed by atoms with Crippen molar-refractivity contribution >= 4 is 23.3 Å². The number of nitrogens with two attached hydrogens (primary N) is 1. The van der Waals surface area contributed by atoms with E-state index in [2.05, 4.69) is 5.32 Å². The van der Waals surface area contributed by atoms with Gasteiger partial charge in [0.15, 0.2) is 0 Å². The lowest BCUT2D eigenvalue weighted by molar-refractivity contribution is -0.132. The van der Waals surface area contributed by atoms with Crippen molar-refractivity contribution in [2.24, 2.45) is 5.73 Å². The molecule has 27 heavy (non-hydrogen) atoms. The smallest absolute Gasteiger partial charge is 0.312 e. The van der Waals surface area contributed by atoms with Gasteiger partial charge in [0.05, 0.1) is 12.5 Å². The quantitative estimate of drug-likeness (QED) is 0.688. The van der Waals surface area contributed by atoms with E-state index in [1.807, 2.05) is 36.5 Å². The van der Waals surface area contributed by atoms with Crippen molar-refractivity contribution < 1.29 is 14.0 Å². The molecule has 0 saturated heterocycles. The highest BCUT2D eigenvalue weighted by Crippen LogP contribution is 2.23. The summed E-state index contributed by atoms with van der Waals surface area (Å²) in [6, 6.07) is 8.93. The molecule has 2 rings (SSSR count). The molecule has 1 atom stereocenters. The summed E-state index contributed by atoms with van der Waals surface area (Å²) in [5.74, 6) is -0.516. The number of nitrogens with one attached hydrogen (secondary N) is 1. The van der Waals surface area contributed by atoms with Crippen LogP contribution in [-0.4, -0.2) is 48.9 Å². The van der Waals surface area contributed by atoms with Crippen LogP contribution in [0.15, 0.2) is 41.8 Å². The Kier molecular flexibility index (Phi) is 7.75. The summed E-state index contributed by atoms with van der Waals surface area (Å²) in [5.41, 5.74) is 5.72. The van der Waals surface area contributed by atoms with Crippen LogP contribution in [0.5, 0.6) is 0 Å². The van der Waals surface area contributed by atoms with Crippen LogP contribution in [0.3, 0.4) is 0 Å². The zero-order chi connectivity index (χ0) is 19.8. The van der Waals surface area contributed by atoms with Crippen LogP contribution in [0.2, 0.25) is 0 Å². The number of urea groups is 1. The number of amides is 3. The van der Waals surface area contributed by atoms with Crippen molar-refractivity contribution in [2.75, 3.05) is 27.2 Å². The Morgan fingerprint density at radius 3 is 2.52 bits per heavy atom. The highest BCUT2D eigenvalue weighted by molar-refractivity contribution is 7.10. The summed E-state index contributed by atoms with van der Waals surface area (Å²) in [6.45, 7) is 1.27. The molecule has 0 spiro atoms. The van der Waals surface area contributed by atoms with Crippen LogP contribution in [0.25, 0.3) is 0 Å². The van der Waals surface area contributed by atoms with E-state index in [-0.39, 0.29) is 24.7 Å². The standard InChI is InChI=1S/C19H25FN4O2S/c1-23(2)9-10-24(13-14-6-3-4-7-15(14)20)18(25)12-16(22-19(21)26)17-8-5-11-27-17/h3-8,11,16H,9-10,12-13H2,1-2H3,(H3,21,22,26). The molecule has 146 valence electrons. The van der Waals surface area contributed by atoms with E-state index in [9.17, 15) is 14.0 Å². The van der Waals surface area contributed by atoms with E-state index >= 15 is 0 Å². The minimum atomic E-state index is -0.685. The van der Waals surface area contributed by atoms with E-state index in [1.165, 1.54) is 17.4 Å². The number of benzene rings is 1. The Hall–Kier alpha value is -2.45. The molecule has 1 aromatic heterocycles. The predicted octanol–water partition coefficient (Wildman–Crippen LogP) is 2.58. The summed E-state index contributed by atoms with van der Waals surface area (Å²) in [6.07, 6.45) is 0.0608. The van der Waals surface area contributed by atoms with Crippen molar-refractivity contribution in [1.29, 1.82) is 0 Å². The number of carbonyl (C=O) groups excluding carboxylic acids is 2. The third kappa shape index (κ3) is 6.65. The SMILES string of the molecule is CN(C)CCN(Cc1ccccc1F)C(=O)CC(NC(N)=O)c1cccs1. The molecule has 0 saturated carbocycles. The minimum absolute atomic E-state index is 0.0608. The van der Waals surface area contributed by atoms with Gasteiger partial charge in [-0.25, -0.2) is 9.18 Å². The lowest BCUT2D eigenvalue weighted by atomic mass is 10.1. The summed E-state index contributed by atoms with van der Waals surface area (Å²) in [4.78, 5) is 28.7. The molecule has 1 aromatic carbocycles. The number of halogens is 1. The van der Waals surface area contributed by atoms with Crippen LogP contribution in [0, 0.1) is 5.82 Å². The number of carbonyl (C=O) groups is 2. The highest BCUT2D eigenvalue weighted by Gasteiger charge is 2.23. The third-order valence-electron chi connectivity index (χ3n) is 4.07. The van der Waals surface area contributed by atoms with Crippen LogP contribution in [0.1, 0.15) is 22.9 Å². The summed E-state index contributed by atoms with van der Waals surface area (Å²) < 4.78 is 14.0. The number of hydrogen-bond acceptors (Lipinski definition) is 4. The van der Waals surface area contributed by atoms with Crippen molar-refractivity contribution in [3.8, 4) is 0 Å². The Morgan fingerprint density at radius 1 is 1.19 bits per heavy atom. The number of nitrogens with zero attached hydrogens (tertiary/aromatic N) is 2. The summed E-state index contributed by atoms with van der Waals surface area (Å²) in [7, 11) is 3.82. The first kappa shape index (κ1) is 20.9. The molecular formula is C19H25FN4O2S. The van der Waals surface area contributed by atoms with Gasteiger partial charge in [-0.15, -0.1) is 11.3 Å². The average Bonchev–Trinajstić information content (AvgIpc) is 3.13. The molecule has 3 amide bonds. The van der Waals surface area contributed by atoms with Crippen LogP contribution in [-0.2, 0) is 11.3 Å². The Labute approximate surface area is 162 Å². The number of primary amides is 1. The van der Waals surface area contributed by atoms with Crippen molar-refractivity contribution in [1.82, 2.24) is 15.1 Å². The maximum absolute atomic E-state index is 14.0. The van der Waals surface area contributed by atoms with Gasteiger partial charge in [0.1, 0.15) is 5.82 Å². The van der Waals surface area contributed by atoms with Gasteiger partial charge in [0.25, 0.3) is 0 Å². The second-order valence-corrected chi connectivity index (χ2v) is 7.47. The van der Waals surface area contributed by atoms with Gasteiger partial charge in [0, 0.05) is 30.1 Å². The first-order chi connectivity index (χ1) is 12.9. The van der Waals surface area contributed by atoms with E-state index in [1.54, 1.807) is 23.1 Å². The second kappa shape index (κ2) is 10.0. The molecule has 0 aliphatic carbocycles. The lowest BCUT2D eigenvalue weighted by Crippen LogP contribution is -2.40. The highest BCUT2D eigenvalue weighted by atomic mass is 32.1. The van der Waals surface area contributed by atoms with Gasteiger partial charge in [-0.3, -0.25) is 4.79 Å². The van der Waals surface area contributed by atoms with Gasteiger partial charge in [0.2, 0.25) is 5.91 Å². The molecule has 1 unspecified atom stereocenters.